The van der Waals surface area contributed by atoms with Crippen molar-refractivity contribution in [3.63, 3.8) is 0 Å². The summed E-state index contributed by atoms with van der Waals surface area (Å²) < 4.78 is 7.36. The Morgan fingerprint density at radius 2 is 2.07 bits per heavy atom. The zero-order valence-corrected chi connectivity index (χ0v) is 16.2. The SMILES string of the molecule is COc1cccc(CN2C[C@@H]3Cn4c(nnc4C(=O)NC(C)C)C[C@H]3C2)c1. The highest BCUT2D eigenvalue weighted by Crippen LogP contribution is 2.33. The zero-order chi connectivity index (χ0) is 19.0. The van der Waals surface area contributed by atoms with Gasteiger partial charge in [0.25, 0.3) is 5.91 Å². The van der Waals surface area contributed by atoms with Crippen molar-refractivity contribution >= 4 is 5.91 Å². The second kappa shape index (κ2) is 7.31. The Hall–Kier alpha value is -2.41. The number of fused-ring (bicyclic) bond motifs is 2. The number of carbonyl (C=O) groups is 1. The second-order valence-electron chi connectivity index (χ2n) is 7.95. The molecule has 144 valence electrons. The predicted octanol–water partition coefficient (Wildman–Crippen LogP) is 1.73. The number of amides is 1. The summed E-state index contributed by atoms with van der Waals surface area (Å²) in [5.74, 6) is 3.26. The van der Waals surface area contributed by atoms with Gasteiger partial charge in [-0.2, -0.15) is 0 Å². The van der Waals surface area contributed by atoms with E-state index in [1.165, 1.54) is 5.56 Å². The maximum Gasteiger partial charge on any atom is 0.289 e. The molecular formula is C20H27N5O2. The van der Waals surface area contributed by atoms with Crippen LogP contribution in [0.5, 0.6) is 5.75 Å². The number of aromatic nitrogens is 3. The molecule has 27 heavy (non-hydrogen) atoms. The first-order valence-corrected chi connectivity index (χ1v) is 9.61. The van der Waals surface area contributed by atoms with Crippen LogP contribution in [-0.2, 0) is 19.5 Å². The summed E-state index contributed by atoms with van der Waals surface area (Å²) in [4.78, 5) is 14.9. The van der Waals surface area contributed by atoms with Crippen LogP contribution in [0.3, 0.4) is 0 Å². The second-order valence-corrected chi connectivity index (χ2v) is 7.95. The Balaban J connectivity index is 1.44. The first kappa shape index (κ1) is 18.0. The van der Waals surface area contributed by atoms with Crippen molar-refractivity contribution in [2.75, 3.05) is 20.2 Å². The smallest absolute Gasteiger partial charge is 0.289 e. The molecule has 1 N–H and O–H groups in total. The molecule has 1 saturated heterocycles. The van der Waals surface area contributed by atoms with Crippen molar-refractivity contribution in [1.29, 1.82) is 0 Å². The van der Waals surface area contributed by atoms with Crippen LogP contribution in [0.15, 0.2) is 24.3 Å². The maximum atomic E-state index is 12.4. The molecule has 0 bridgehead atoms. The third-order valence-corrected chi connectivity index (χ3v) is 5.50. The van der Waals surface area contributed by atoms with Gasteiger partial charge in [0.1, 0.15) is 11.6 Å². The van der Waals surface area contributed by atoms with E-state index < -0.39 is 0 Å². The molecule has 1 aromatic heterocycles. The molecule has 1 amide bonds. The van der Waals surface area contributed by atoms with Crippen LogP contribution in [0.25, 0.3) is 0 Å². The lowest BCUT2D eigenvalue weighted by molar-refractivity contribution is 0.0924. The molecular weight excluding hydrogens is 342 g/mol. The maximum absolute atomic E-state index is 12.4. The highest BCUT2D eigenvalue weighted by Gasteiger charge is 2.39. The first-order valence-electron chi connectivity index (χ1n) is 9.61. The number of likely N-dealkylation sites (tertiary alicyclic amines) is 1. The van der Waals surface area contributed by atoms with E-state index in [1.54, 1.807) is 7.11 Å². The van der Waals surface area contributed by atoms with Crippen LogP contribution >= 0.6 is 0 Å². The van der Waals surface area contributed by atoms with Crippen LogP contribution in [0.1, 0.15) is 35.9 Å². The molecule has 7 nitrogen and oxygen atoms in total. The molecule has 2 atom stereocenters. The Labute approximate surface area is 159 Å². The normalized spacial score (nSPS) is 21.8. The van der Waals surface area contributed by atoms with Crippen LogP contribution in [0, 0.1) is 11.8 Å². The number of rotatable bonds is 5. The van der Waals surface area contributed by atoms with E-state index in [2.05, 4.69) is 32.5 Å². The highest BCUT2D eigenvalue weighted by atomic mass is 16.5. The van der Waals surface area contributed by atoms with Gasteiger partial charge in [-0.05, 0) is 43.4 Å². The summed E-state index contributed by atoms with van der Waals surface area (Å²) in [6, 6.07) is 8.35. The number of methoxy groups -OCH3 is 1. The van der Waals surface area contributed by atoms with Crippen molar-refractivity contribution in [2.45, 2.75) is 39.4 Å². The van der Waals surface area contributed by atoms with E-state index in [0.717, 1.165) is 44.2 Å². The van der Waals surface area contributed by atoms with Gasteiger partial charge < -0.3 is 14.6 Å². The van der Waals surface area contributed by atoms with Crippen molar-refractivity contribution in [1.82, 2.24) is 25.0 Å². The quantitative estimate of drug-likeness (QED) is 0.869. The summed E-state index contributed by atoms with van der Waals surface area (Å²) in [5, 5.41) is 11.4. The van der Waals surface area contributed by atoms with Crippen molar-refractivity contribution in [3.05, 3.63) is 41.5 Å². The third kappa shape index (κ3) is 3.69. The van der Waals surface area contributed by atoms with E-state index in [9.17, 15) is 4.79 Å². The Morgan fingerprint density at radius 3 is 2.85 bits per heavy atom. The third-order valence-electron chi connectivity index (χ3n) is 5.50. The van der Waals surface area contributed by atoms with E-state index in [4.69, 9.17) is 4.74 Å². The molecule has 0 unspecified atom stereocenters. The number of benzene rings is 1. The summed E-state index contributed by atoms with van der Waals surface area (Å²) in [5.41, 5.74) is 1.27. The van der Waals surface area contributed by atoms with Gasteiger partial charge >= 0.3 is 0 Å². The van der Waals surface area contributed by atoms with Crippen molar-refractivity contribution in [3.8, 4) is 5.75 Å². The van der Waals surface area contributed by atoms with Crippen LogP contribution < -0.4 is 10.1 Å². The Bertz CT molecular complexity index is 832. The average Bonchev–Trinajstić information content (AvgIpc) is 3.21. The summed E-state index contributed by atoms with van der Waals surface area (Å²) in [6.45, 7) is 7.74. The van der Waals surface area contributed by atoms with Crippen molar-refractivity contribution < 1.29 is 9.53 Å². The lowest BCUT2D eigenvalue weighted by atomic mass is 9.89. The van der Waals surface area contributed by atoms with Crippen LogP contribution in [-0.4, -0.2) is 51.8 Å². The molecule has 0 radical (unpaired) electrons. The molecule has 2 aliphatic heterocycles. The van der Waals surface area contributed by atoms with Gasteiger partial charge in [-0.1, -0.05) is 12.1 Å². The van der Waals surface area contributed by atoms with E-state index in [1.807, 2.05) is 30.5 Å². The number of hydrogen-bond acceptors (Lipinski definition) is 5. The van der Waals surface area contributed by atoms with Gasteiger partial charge in [0.2, 0.25) is 5.82 Å². The summed E-state index contributed by atoms with van der Waals surface area (Å²) in [6.07, 6.45) is 0.890. The number of nitrogens with one attached hydrogen (secondary N) is 1. The molecule has 2 aromatic rings. The molecule has 4 rings (SSSR count). The molecule has 3 heterocycles. The number of nitrogens with zero attached hydrogens (tertiary/aromatic N) is 4. The predicted molar refractivity (Wildman–Crippen MR) is 102 cm³/mol. The zero-order valence-electron chi connectivity index (χ0n) is 16.2. The minimum Gasteiger partial charge on any atom is -0.497 e. The van der Waals surface area contributed by atoms with Gasteiger partial charge in [0.05, 0.1) is 7.11 Å². The fourth-order valence-electron chi connectivity index (χ4n) is 4.27. The van der Waals surface area contributed by atoms with Gasteiger partial charge in [-0.25, -0.2) is 0 Å². The molecule has 0 saturated carbocycles. The highest BCUT2D eigenvalue weighted by molar-refractivity contribution is 5.90. The van der Waals surface area contributed by atoms with E-state index >= 15 is 0 Å². The first-order chi connectivity index (χ1) is 13.0. The standard InChI is InChI=1S/C20H27N5O2/c1-13(2)21-20(26)19-23-22-18-8-15-10-24(11-16(15)12-25(18)19)9-14-5-4-6-17(7-14)27-3/h4-7,13,15-16H,8-12H2,1-3H3,(H,21,26)/t15-,16+/m0/s1. The van der Waals surface area contributed by atoms with Gasteiger partial charge in [-0.3, -0.25) is 9.69 Å². The fraction of sp³-hybridized carbons (Fsp3) is 0.550. The summed E-state index contributed by atoms with van der Waals surface area (Å²) >= 11 is 0. The largest absolute Gasteiger partial charge is 0.497 e. The number of ether oxygens (including phenoxy) is 1. The van der Waals surface area contributed by atoms with Gasteiger partial charge in [0, 0.05) is 38.6 Å². The number of carbonyl (C=O) groups excluding carboxylic acids is 1. The Morgan fingerprint density at radius 1 is 1.26 bits per heavy atom. The molecule has 2 aliphatic rings. The fourth-order valence-corrected chi connectivity index (χ4v) is 4.27. The lowest BCUT2D eigenvalue weighted by Crippen LogP contribution is -2.35. The number of hydrogen-bond donors (Lipinski definition) is 1. The molecule has 1 fully saturated rings. The van der Waals surface area contributed by atoms with E-state index in [0.29, 0.717) is 17.7 Å². The Kier molecular flexibility index (Phi) is 4.86. The lowest BCUT2D eigenvalue weighted by Gasteiger charge is -2.25. The average molecular weight is 369 g/mol. The van der Waals surface area contributed by atoms with Gasteiger partial charge in [0.15, 0.2) is 0 Å². The van der Waals surface area contributed by atoms with E-state index in [-0.39, 0.29) is 11.9 Å². The monoisotopic (exact) mass is 369 g/mol. The minimum atomic E-state index is -0.131. The molecule has 7 heteroatoms. The molecule has 1 aromatic carbocycles. The topological polar surface area (TPSA) is 72.3 Å². The van der Waals surface area contributed by atoms with Crippen molar-refractivity contribution in [2.24, 2.45) is 11.8 Å². The molecule has 0 aliphatic carbocycles. The van der Waals surface area contributed by atoms with Crippen LogP contribution in [0.4, 0.5) is 0 Å². The van der Waals surface area contributed by atoms with Crippen LogP contribution in [0.2, 0.25) is 0 Å². The summed E-state index contributed by atoms with van der Waals surface area (Å²) in [7, 11) is 1.70. The van der Waals surface area contributed by atoms with Gasteiger partial charge in [-0.15, -0.1) is 10.2 Å². The molecule has 0 spiro atoms. The minimum absolute atomic E-state index is 0.0895.